The number of hydrogen-bond donors (Lipinski definition) is 0. The van der Waals surface area contributed by atoms with Crippen molar-refractivity contribution < 1.29 is 4.79 Å². The summed E-state index contributed by atoms with van der Waals surface area (Å²) in [5.74, 6) is 0.600. The average molecular weight is 323 g/mol. The number of nitrogens with zero attached hydrogens (tertiary/aromatic N) is 7. The number of imidazole rings is 1. The van der Waals surface area contributed by atoms with Gasteiger partial charge in [-0.15, -0.1) is 5.10 Å². The van der Waals surface area contributed by atoms with Crippen molar-refractivity contribution in [3.05, 3.63) is 59.9 Å². The van der Waals surface area contributed by atoms with E-state index in [0.29, 0.717) is 18.9 Å². The lowest BCUT2D eigenvalue weighted by atomic mass is 10.0. The number of aryl methyl sites for hydroxylation is 1. The van der Waals surface area contributed by atoms with Gasteiger partial charge in [-0.05, 0) is 22.9 Å². The van der Waals surface area contributed by atoms with Crippen molar-refractivity contribution in [2.24, 2.45) is 0 Å². The highest BCUT2D eigenvalue weighted by molar-refractivity contribution is 5.83. The summed E-state index contributed by atoms with van der Waals surface area (Å²) in [5, 5.41) is 11.7. The molecule has 0 N–H and O–H groups in total. The van der Waals surface area contributed by atoms with E-state index in [1.807, 2.05) is 35.2 Å². The molecule has 1 aliphatic rings. The molecule has 1 aliphatic heterocycles. The molecule has 8 nitrogen and oxygen atoms in total. The van der Waals surface area contributed by atoms with Crippen molar-refractivity contribution in [3.8, 4) is 0 Å². The molecule has 2 aromatic heterocycles. The molecular weight excluding hydrogens is 306 g/mol. The number of carbonyl (C=O) groups excluding carboxylic acids is 1. The molecule has 0 radical (unpaired) electrons. The van der Waals surface area contributed by atoms with Crippen LogP contribution in [0.15, 0.2) is 42.9 Å². The second kappa shape index (κ2) is 5.88. The highest BCUT2D eigenvalue weighted by Crippen LogP contribution is 2.23. The predicted octanol–water partition coefficient (Wildman–Crippen LogP) is 0.810. The molecule has 0 fully saturated rings. The zero-order valence-electron chi connectivity index (χ0n) is 13.3. The molecule has 1 aromatic carbocycles. The van der Waals surface area contributed by atoms with E-state index in [4.69, 9.17) is 0 Å². The van der Waals surface area contributed by atoms with Crippen LogP contribution in [0.4, 0.5) is 0 Å². The molecule has 1 atom stereocenters. The first kappa shape index (κ1) is 14.6. The Hall–Kier alpha value is -3.03. The molecule has 0 aliphatic carbocycles. The van der Waals surface area contributed by atoms with Crippen LogP contribution in [0.3, 0.4) is 0 Å². The maximum atomic E-state index is 13.3. The SMILES string of the molecule is Cc1nnnn1C(C(=O)N1CCn2cncc2C1)c1ccccc1. The maximum Gasteiger partial charge on any atom is 0.252 e. The highest BCUT2D eigenvalue weighted by atomic mass is 16.2. The maximum absolute atomic E-state index is 13.3. The first-order valence-corrected chi connectivity index (χ1v) is 7.81. The summed E-state index contributed by atoms with van der Waals surface area (Å²) in [4.78, 5) is 19.3. The monoisotopic (exact) mass is 323 g/mol. The molecular formula is C16H17N7O. The molecule has 0 saturated carbocycles. The van der Waals surface area contributed by atoms with Crippen LogP contribution in [-0.4, -0.2) is 47.1 Å². The lowest BCUT2D eigenvalue weighted by molar-refractivity contribution is -0.135. The number of amides is 1. The van der Waals surface area contributed by atoms with Crippen LogP contribution in [-0.2, 0) is 17.9 Å². The van der Waals surface area contributed by atoms with Gasteiger partial charge in [0.1, 0.15) is 5.82 Å². The summed E-state index contributed by atoms with van der Waals surface area (Å²) in [7, 11) is 0. The van der Waals surface area contributed by atoms with Crippen LogP contribution in [0.5, 0.6) is 0 Å². The molecule has 0 bridgehead atoms. The van der Waals surface area contributed by atoms with E-state index in [-0.39, 0.29) is 5.91 Å². The van der Waals surface area contributed by atoms with Gasteiger partial charge in [0.25, 0.3) is 5.91 Å². The third-order valence-corrected chi connectivity index (χ3v) is 4.33. The molecule has 0 spiro atoms. The Morgan fingerprint density at radius 2 is 2.04 bits per heavy atom. The van der Waals surface area contributed by atoms with Gasteiger partial charge in [-0.3, -0.25) is 4.79 Å². The average Bonchev–Trinajstić information content (AvgIpc) is 3.24. The second-order valence-electron chi connectivity index (χ2n) is 5.82. The predicted molar refractivity (Wildman–Crippen MR) is 84.8 cm³/mol. The Kier molecular flexibility index (Phi) is 3.56. The topological polar surface area (TPSA) is 81.7 Å². The van der Waals surface area contributed by atoms with Gasteiger partial charge in [0.2, 0.25) is 0 Å². The number of hydrogen-bond acceptors (Lipinski definition) is 5. The smallest absolute Gasteiger partial charge is 0.252 e. The number of tetrazole rings is 1. The number of fused-ring (bicyclic) bond motifs is 1. The van der Waals surface area contributed by atoms with Gasteiger partial charge < -0.3 is 9.47 Å². The van der Waals surface area contributed by atoms with E-state index in [2.05, 4.69) is 25.1 Å². The molecule has 0 saturated heterocycles. The summed E-state index contributed by atoms with van der Waals surface area (Å²) in [6.45, 7) is 3.74. The van der Waals surface area contributed by atoms with E-state index in [1.54, 1.807) is 24.1 Å². The van der Waals surface area contributed by atoms with Crippen molar-refractivity contribution in [2.75, 3.05) is 6.54 Å². The zero-order valence-corrected chi connectivity index (χ0v) is 13.3. The van der Waals surface area contributed by atoms with Gasteiger partial charge >= 0.3 is 0 Å². The van der Waals surface area contributed by atoms with Gasteiger partial charge in [-0.1, -0.05) is 30.3 Å². The highest BCUT2D eigenvalue weighted by Gasteiger charge is 2.31. The van der Waals surface area contributed by atoms with E-state index in [1.165, 1.54) is 0 Å². The fourth-order valence-electron chi connectivity index (χ4n) is 3.05. The summed E-state index contributed by atoms with van der Waals surface area (Å²) >= 11 is 0. The Labute approximate surface area is 138 Å². The third-order valence-electron chi connectivity index (χ3n) is 4.33. The zero-order chi connectivity index (χ0) is 16.5. The van der Waals surface area contributed by atoms with E-state index in [9.17, 15) is 4.79 Å². The van der Waals surface area contributed by atoms with Crippen molar-refractivity contribution in [1.82, 2.24) is 34.7 Å². The van der Waals surface area contributed by atoms with Crippen LogP contribution in [0.25, 0.3) is 0 Å². The minimum atomic E-state index is -0.560. The Morgan fingerprint density at radius 3 is 2.79 bits per heavy atom. The van der Waals surface area contributed by atoms with Gasteiger partial charge in [0.05, 0.1) is 18.6 Å². The van der Waals surface area contributed by atoms with Crippen LogP contribution in [0, 0.1) is 6.92 Å². The molecule has 1 unspecified atom stereocenters. The second-order valence-corrected chi connectivity index (χ2v) is 5.82. The first-order chi connectivity index (χ1) is 11.7. The minimum absolute atomic E-state index is 0.0101. The molecule has 8 heteroatoms. The number of rotatable bonds is 3. The first-order valence-electron chi connectivity index (χ1n) is 7.81. The molecule has 122 valence electrons. The molecule has 1 amide bonds. The third kappa shape index (κ3) is 2.45. The van der Waals surface area contributed by atoms with Gasteiger partial charge in [0.15, 0.2) is 6.04 Å². The van der Waals surface area contributed by atoms with E-state index >= 15 is 0 Å². The van der Waals surface area contributed by atoms with Crippen molar-refractivity contribution >= 4 is 5.91 Å². The van der Waals surface area contributed by atoms with Crippen LogP contribution < -0.4 is 0 Å². The summed E-state index contributed by atoms with van der Waals surface area (Å²) in [5.41, 5.74) is 1.91. The molecule has 3 aromatic rings. The Bertz CT molecular complexity index is 854. The lowest BCUT2D eigenvalue weighted by Gasteiger charge is -2.31. The van der Waals surface area contributed by atoms with E-state index < -0.39 is 6.04 Å². The van der Waals surface area contributed by atoms with Crippen molar-refractivity contribution in [1.29, 1.82) is 0 Å². The van der Waals surface area contributed by atoms with Gasteiger partial charge in [-0.2, -0.15) is 0 Å². The minimum Gasteiger partial charge on any atom is -0.333 e. The summed E-state index contributed by atoms with van der Waals surface area (Å²) < 4.78 is 3.66. The van der Waals surface area contributed by atoms with Crippen LogP contribution in [0.2, 0.25) is 0 Å². The van der Waals surface area contributed by atoms with Crippen molar-refractivity contribution in [3.63, 3.8) is 0 Å². The molecule has 3 heterocycles. The molecule has 4 rings (SSSR count). The van der Waals surface area contributed by atoms with Crippen molar-refractivity contribution in [2.45, 2.75) is 26.1 Å². The fourth-order valence-corrected chi connectivity index (χ4v) is 3.05. The quantitative estimate of drug-likeness (QED) is 0.712. The lowest BCUT2D eigenvalue weighted by Crippen LogP contribution is -2.42. The largest absolute Gasteiger partial charge is 0.333 e. The standard InChI is InChI=1S/C16H17N7O/c1-12-18-19-20-23(12)15(13-5-3-2-4-6-13)16(24)21-7-8-22-11-17-9-14(22)10-21/h2-6,9,11,15H,7-8,10H2,1H3. The van der Waals surface area contributed by atoms with Gasteiger partial charge in [-0.25, -0.2) is 9.67 Å². The fraction of sp³-hybridized carbons (Fsp3) is 0.312. The number of aromatic nitrogens is 6. The number of benzene rings is 1. The van der Waals surface area contributed by atoms with Gasteiger partial charge in [0, 0.05) is 19.3 Å². The van der Waals surface area contributed by atoms with Crippen LogP contribution >= 0.6 is 0 Å². The summed E-state index contributed by atoms with van der Waals surface area (Å²) in [6, 6.07) is 9.06. The Balaban J connectivity index is 1.69. The molecule has 24 heavy (non-hydrogen) atoms. The number of carbonyl (C=O) groups is 1. The Morgan fingerprint density at radius 1 is 1.21 bits per heavy atom. The normalized spacial score (nSPS) is 15.1. The van der Waals surface area contributed by atoms with E-state index in [0.717, 1.165) is 17.8 Å². The summed E-state index contributed by atoms with van der Waals surface area (Å²) in [6.07, 6.45) is 3.61. The van der Waals surface area contributed by atoms with Crippen LogP contribution in [0.1, 0.15) is 23.1 Å².